The molecule has 0 aliphatic carbocycles. The number of hydrogen-bond donors (Lipinski definition) is 0. The van der Waals surface area contributed by atoms with Crippen molar-refractivity contribution in [2.24, 2.45) is 0 Å². The number of carbonyl (C=O) groups excluding carboxylic acids is 1. The van der Waals surface area contributed by atoms with E-state index in [0.29, 0.717) is 16.7 Å². The maximum absolute atomic E-state index is 12.8. The molecule has 0 radical (unpaired) electrons. The molecular weight excluding hydrogens is 454 g/mol. The molecule has 172 valence electrons. The Morgan fingerprint density at radius 2 is 1.71 bits per heavy atom. The SMILES string of the molecule is COc1ccc(-c2nnc(SCC(=O)N(C)c3ccc([N+](=O)[O-])cc3)n2-c2ccccc2)cc1. The fourth-order valence-electron chi connectivity index (χ4n) is 3.27. The minimum absolute atomic E-state index is 0.0269. The van der Waals surface area contributed by atoms with Crippen molar-refractivity contribution in [2.45, 2.75) is 5.16 Å². The van der Waals surface area contributed by atoms with E-state index in [1.165, 1.54) is 28.8 Å². The highest BCUT2D eigenvalue weighted by Gasteiger charge is 2.19. The highest BCUT2D eigenvalue weighted by molar-refractivity contribution is 7.99. The summed E-state index contributed by atoms with van der Waals surface area (Å²) in [6.07, 6.45) is 0. The van der Waals surface area contributed by atoms with Crippen molar-refractivity contribution < 1.29 is 14.5 Å². The summed E-state index contributed by atoms with van der Waals surface area (Å²) in [5, 5.41) is 20.2. The number of para-hydroxylation sites is 1. The van der Waals surface area contributed by atoms with E-state index in [2.05, 4.69) is 10.2 Å². The molecule has 0 saturated heterocycles. The van der Waals surface area contributed by atoms with Gasteiger partial charge in [-0.2, -0.15) is 0 Å². The van der Waals surface area contributed by atoms with Gasteiger partial charge < -0.3 is 9.64 Å². The van der Waals surface area contributed by atoms with Crippen LogP contribution < -0.4 is 9.64 Å². The van der Waals surface area contributed by atoms with Gasteiger partial charge in [-0.05, 0) is 48.5 Å². The summed E-state index contributed by atoms with van der Waals surface area (Å²) < 4.78 is 7.15. The predicted molar refractivity (Wildman–Crippen MR) is 131 cm³/mol. The van der Waals surface area contributed by atoms with Crippen molar-refractivity contribution in [3.8, 4) is 22.8 Å². The number of nitro benzene ring substituents is 1. The second kappa shape index (κ2) is 10.2. The van der Waals surface area contributed by atoms with E-state index in [-0.39, 0.29) is 17.3 Å². The van der Waals surface area contributed by atoms with E-state index >= 15 is 0 Å². The molecule has 0 unspecified atom stereocenters. The number of methoxy groups -OCH3 is 1. The molecule has 3 aromatic carbocycles. The van der Waals surface area contributed by atoms with Crippen molar-refractivity contribution in [2.75, 3.05) is 24.8 Å². The number of carbonyl (C=O) groups is 1. The van der Waals surface area contributed by atoms with Gasteiger partial charge in [0.2, 0.25) is 5.91 Å². The van der Waals surface area contributed by atoms with E-state index < -0.39 is 4.92 Å². The van der Waals surface area contributed by atoms with Gasteiger partial charge in [0.25, 0.3) is 5.69 Å². The van der Waals surface area contributed by atoms with E-state index in [9.17, 15) is 14.9 Å². The number of nitro groups is 1. The quantitative estimate of drug-likeness (QED) is 0.208. The Balaban J connectivity index is 1.57. The molecule has 10 heteroatoms. The van der Waals surface area contributed by atoms with Crippen LogP contribution in [-0.4, -0.2) is 45.5 Å². The molecule has 0 atom stereocenters. The summed E-state index contributed by atoms with van der Waals surface area (Å²) in [5.41, 5.74) is 2.27. The molecule has 0 spiro atoms. The lowest BCUT2D eigenvalue weighted by molar-refractivity contribution is -0.384. The molecular formula is C24H21N5O4S. The van der Waals surface area contributed by atoms with Crippen molar-refractivity contribution in [1.29, 1.82) is 0 Å². The van der Waals surface area contributed by atoms with Gasteiger partial charge in [-0.25, -0.2) is 0 Å². The van der Waals surface area contributed by atoms with E-state index in [1.807, 2.05) is 59.2 Å². The number of amides is 1. The molecule has 0 bridgehead atoms. The Morgan fingerprint density at radius 1 is 1.03 bits per heavy atom. The van der Waals surface area contributed by atoms with E-state index in [0.717, 1.165) is 17.0 Å². The Hall–Kier alpha value is -4.18. The first-order valence-corrected chi connectivity index (χ1v) is 11.3. The van der Waals surface area contributed by atoms with Crippen LogP contribution in [0.15, 0.2) is 84.0 Å². The average molecular weight is 476 g/mol. The lowest BCUT2D eigenvalue weighted by Crippen LogP contribution is -2.28. The van der Waals surface area contributed by atoms with Gasteiger partial charge in [-0.15, -0.1) is 10.2 Å². The topological polar surface area (TPSA) is 103 Å². The van der Waals surface area contributed by atoms with Crippen molar-refractivity contribution in [3.05, 3.63) is 89.0 Å². The summed E-state index contributed by atoms with van der Waals surface area (Å²) in [4.78, 5) is 24.7. The van der Waals surface area contributed by atoms with Crippen LogP contribution in [0.25, 0.3) is 17.1 Å². The molecule has 0 aliphatic heterocycles. The minimum atomic E-state index is -0.474. The largest absolute Gasteiger partial charge is 0.497 e. The summed E-state index contributed by atoms with van der Waals surface area (Å²) in [5.74, 6) is 1.32. The zero-order valence-corrected chi connectivity index (χ0v) is 19.3. The molecule has 0 saturated carbocycles. The molecule has 1 heterocycles. The van der Waals surface area contributed by atoms with E-state index in [4.69, 9.17) is 4.74 Å². The van der Waals surface area contributed by atoms with Crippen LogP contribution in [0.2, 0.25) is 0 Å². The maximum atomic E-state index is 12.8. The number of non-ortho nitro benzene ring substituents is 1. The first-order valence-electron chi connectivity index (χ1n) is 10.3. The fourth-order valence-corrected chi connectivity index (χ4v) is 4.13. The molecule has 4 rings (SSSR count). The smallest absolute Gasteiger partial charge is 0.269 e. The molecule has 4 aromatic rings. The van der Waals surface area contributed by atoms with Crippen LogP contribution in [0.3, 0.4) is 0 Å². The second-order valence-electron chi connectivity index (χ2n) is 7.22. The third kappa shape index (κ3) is 4.91. The number of aromatic nitrogens is 3. The number of nitrogens with zero attached hydrogens (tertiary/aromatic N) is 5. The second-order valence-corrected chi connectivity index (χ2v) is 8.16. The van der Waals surface area contributed by atoms with E-state index in [1.54, 1.807) is 26.3 Å². The molecule has 0 aliphatic rings. The highest BCUT2D eigenvalue weighted by Crippen LogP contribution is 2.29. The van der Waals surface area contributed by atoms with Gasteiger partial charge in [-0.1, -0.05) is 30.0 Å². The highest BCUT2D eigenvalue weighted by atomic mass is 32.2. The Bertz CT molecular complexity index is 1290. The van der Waals surface area contributed by atoms with Crippen LogP contribution in [0.5, 0.6) is 5.75 Å². The lowest BCUT2D eigenvalue weighted by atomic mass is 10.2. The average Bonchev–Trinajstić information content (AvgIpc) is 3.31. The number of anilines is 1. The molecule has 0 N–H and O–H groups in total. The zero-order valence-electron chi connectivity index (χ0n) is 18.5. The number of benzene rings is 3. The first-order chi connectivity index (χ1) is 16.5. The van der Waals surface area contributed by atoms with Gasteiger partial charge in [0.15, 0.2) is 11.0 Å². The maximum Gasteiger partial charge on any atom is 0.269 e. The van der Waals surface area contributed by atoms with Crippen molar-refractivity contribution in [3.63, 3.8) is 0 Å². The van der Waals surface area contributed by atoms with Gasteiger partial charge in [0.1, 0.15) is 5.75 Å². The van der Waals surface area contributed by atoms with Crippen LogP contribution in [0.1, 0.15) is 0 Å². The zero-order chi connectivity index (χ0) is 24.1. The van der Waals surface area contributed by atoms with Crippen LogP contribution in [-0.2, 0) is 4.79 Å². The standard InChI is InChI=1S/C24H21N5O4S/c1-27(18-10-12-20(13-11-18)29(31)32)22(30)16-34-24-26-25-23(17-8-14-21(33-2)15-9-17)28(24)19-6-4-3-5-7-19/h3-15H,16H2,1-2H3. The fraction of sp³-hybridized carbons (Fsp3) is 0.125. The molecule has 0 fully saturated rings. The molecule has 34 heavy (non-hydrogen) atoms. The summed E-state index contributed by atoms with van der Waals surface area (Å²) in [6, 6.07) is 23.1. The number of rotatable bonds is 8. The molecule has 9 nitrogen and oxygen atoms in total. The molecule has 1 aromatic heterocycles. The number of thioether (sulfide) groups is 1. The summed E-state index contributed by atoms with van der Waals surface area (Å²) in [7, 11) is 3.25. The Kier molecular flexibility index (Phi) is 6.88. The third-order valence-electron chi connectivity index (χ3n) is 5.14. The number of hydrogen-bond acceptors (Lipinski definition) is 7. The van der Waals surface area contributed by atoms with Crippen LogP contribution in [0, 0.1) is 10.1 Å². The van der Waals surface area contributed by atoms with Crippen molar-refractivity contribution >= 4 is 29.0 Å². The van der Waals surface area contributed by atoms with Crippen molar-refractivity contribution in [1.82, 2.24) is 14.8 Å². The monoisotopic (exact) mass is 475 g/mol. The van der Waals surface area contributed by atoms with Gasteiger partial charge >= 0.3 is 0 Å². The normalized spacial score (nSPS) is 10.6. The Morgan fingerprint density at radius 3 is 2.32 bits per heavy atom. The minimum Gasteiger partial charge on any atom is -0.497 e. The summed E-state index contributed by atoms with van der Waals surface area (Å²) >= 11 is 1.27. The predicted octanol–water partition coefficient (Wildman–Crippen LogP) is 4.61. The first kappa shape index (κ1) is 23.0. The van der Waals surface area contributed by atoms with Crippen LogP contribution in [0.4, 0.5) is 11.4 Å². The van der Waals surface area contributed by atoms with Gasteiger partial charge in [0.05, 0.1) is 17.8 Å². The Labute approximate surface area is 200 Å². The van der Waals surface area contributed by atoms with Crippen LogP contribution >= 0.6 is 11.8 Å². The number of ether oxygens (including phenoxy) is 1. The third-order valence-corrected chi connectivity index (χ3v) is 6.06. The lowest BCUT2D eigenvalue weighted by Gasteiger charge is -2.17. The van der Waals surface area contributed by atoms with Gasteiger partial charge in [-0.3, -0.25) is 19.5 Å². The van der Waals surface area contributed by atoms with Gasteiger partial charge in [0, 0.05) is 36.1 Å². The molecule has 1 amide bonds. The summed E-state index contributed by atoms with van der Waals surface area (Å²) in [6.45, 7) is 0.